The summed E-state index contributed by atoms with van der Waals surface area (Å²) in [7, 11) is 0. The molecule has 0 fully saturated rings. The van der Waals surface area contributed by atoms with E-state index < -0.39 is 5.82 Å². The van der Waals surface area contributed by atoms with Crippen molar-refractivity contribution in [3.8, 4) is 5.75 Å². The van der Waals surface area contributed by atoms with Crippen molar-refractivity contribution in [1.29, 1.82) is 0 Å². The molecular formula is C13H9FN2O2. The Bertz CT molecular complexity index is 581. The van der Waals surface area contributed by atoms with E-state index in [4.69, 9.17) is 4.74 Å². The van der Waals surface area contributed by atoms with Gasteiger partial charge in [0.25, 0.3) is 0 Å². The molecule has 18 heavy (non-hydrogen) atoms. The molecule has 1 aromatic heterocycles. The van der Waals surface area contributed by atoms with E-state index in [0.717, 1.165) is 11.6 Å². The second-order valence-corrected chi connectivity index (χ2v) is 3.46. The van der Waals surface area contributed by atoms with Gasteiger partial charge in [0.1, 0.15) is 23.9 Å². The van der Waals surface area contributed by atoms with Gasteiger partial charge in [-0.25, -0.2) is 9.18 Å². The van der Waals surface area contributed by atoms with Crippen molar-refractivity contribution in [3.63, 3.8) is 0 Å². The predicted octanol–water partition coefficient (Wildman–Crippen LogP) is 2.77. The van der Waals surface area contributed by atoms with Crippen LogP contribution >= 0.6 is 0 Å². The standard InChI is InChI=1S/C13H9FN2O2/c14-11-1-2-13(12(7-11)16-9-17)18-8-10-3-5-15-6-4-10/h1-7H,8H2. The van der Waals surface area contributed by atoms with Crippen LogP contribution in [0.1, 0.15) is 5.56 Å². The molecule has 5 heteroatoms. The number of rotatable bonds is 4. The lowest BCUT2D eigenvalue weighted by atomic mass is 10.2. The summed E-state index contributed by atoms with van der Waals surface area (Å²) < 4.78 is 18.4. The number of ether oxygens (including phenoxy) is 1. The number of hydrogen-bond acceptors (Lipinski definition) is 4. The fourth-order valence-corrected chi connectivity index (χ4v) is 1.39. The van der Waals surface area contributed by atoms with Crippen LogP contribution in [0.25, 0.3) is 0 Å². The molecule has 1 heterocycles. The third-order valence-corrected chi connectivity index (χ3v) is 2.23. The third-order valence-electron chi connectivity index (χ3n) is 2.23. The van der Waals surface area contributed by atoms with Crippen molar-refractivity contribution in [2.45, 2.75) is 6.61 Å². The number of nitrogens with zero attached hydrogens (tertiary/aromatic N) is 2. The molecule has 0 amide bonds. The summed E-state index contributed by atoms with van der Waals surface area (Å²) in [6, 6.07) is 7.38. The van der Waals surface area contributed by atoms with Crippen molar-refractivity contribution < 1.29 is 13.9 Å². The van der Waals surface area contributed by atoms with Gasteiger partial charge in [0, 0.05) is 18.5 Å². The molecule has 0 aliphatic carbocycles. The Morgan fingerprint density at radius 3 is 2.78 bits per heavy atom. The molecule has 0 spiro atoms. The van der Waals surface area contributed by atoms with E-state index in [-0.39, 0.29) is 12.3 Å². The van der Waals surface area contributed by atoms with Gasteiger partial charge < -0.3 is 4.74 Å². The molecule has 1 aromatic carbocycles. The molecule has 4 nitrogen and oxygen atoms in total. The highest BCUT2D eigenvalue weighted by Gasteiger charge is 2.05. The summed E-state index contributed by atoms with van der Waals surface area (Å²) >= 11 is 0. The first-order valence-electron chi connectivity index (χ1n) is 5.19. The number of aromatic nitrogens is 1. The quantitative estimate of drug-likeness (QED) is 0.613. The van der Waals surface area contributed by atoms with E-state index >= 15 is 0 Å². The maximum absolute atomic E-state index is 13.0. The maximum atomic E-state index is 13.0. The van der Waals surface area contributed by atoms with Gasteiger partial charge in [0.15, 0.2) is 0 Å². The monoisotopic (exact) mass is 244 g/mol. The molecular weight excluding hydrogens is 235 g/mol. The van der Waals surface area contributed by atoms with Crippen LogP contribution in [0.15, 0.2) is 47.7 Å². The number of halogens is 1. The number of hydrogen-bond donors (Lipinski definition) is 0. The first kappa shape index (κ1) is 12.0. The van der Waals surface area contributed by atoms with Gasteiger partial charge in [-0.1, -0.05) is 0 Å². The Labute approximate surface area is 103 Å². The number of carbonyl (C=O) groups excluding carboxylic acids is 1. The topological polar surface area (TPSA) is 51.5 Å². The lowest BCUT2D eigenvalue weighted by Gasteiger charge is -2.07. The normalized spacial score (nSPS) is 9.61. The number of aliphatic imine (C=N–C) groups is 1. The number of isocyanates is 1. The van der Waals surface area contributed by atoms with E-state index in [2.05, 4.69) is 9.98 Å². The highest BCUT2D eigenvalue weighted by molar-refractivity contribution is 5.57. The molecule has 0 aliphatic rings. The summed E-state index contributed by atoms with van der Waals surface area (Å²) in [5.41, 5.74) is 1.04. The molecule has 2 rings (SSSR count). The summed E-state index contributed by atoms with van der Waals surface area (Å²) in [5.74, 6) is -0.156. The van der Waals surface area contributed by atoms with Crippen molar-refractivity contribution in [2.75, 3.05) is 0 Å². The fourth-order valence-electron chi connectivity index (χ4n) is 1.39. The summed E-state index contributed by atoms with van der Waals surface area (Å²) in [4.78, 5) is 17.5. The zero-order valence-electron chi connectivity index (χ0n) is 9.34. The van der Waals surface area contributed by atoms with Crippen molar-refractivity contribution in [1.82, 2.24) is 4.98 Å². The number of pyridine rings is 1. The number of benzene rings is 1. The van der Waals surface area contributed by atoms with E-state index in [0.29, 0.717) is 5.75 Å². The Morgan fingerprint density at radius 2 is 2.06 bits per heavy atom. The second-order valence-electron chi connectivity index (χ2n) is 3.46. The zero-order valence-corrected chi connectivity index (χ0v) is 9.34. The fraction of sp³-hybridized carbons (Fsp3) is 0.0769. The van der Waals surface area contributed by atoms with Crippen LogP contribution in [0.2, 0.25) is 0 Å². The van der Waals surface area contributed by atoms with Crippen LogP contribution in [0.4, 0.5) is 10.1 Å². The molecule has 0 atom stereocenters. The minimum Gasteiger partial charge on any atom is -0.487 e. The average Bonchev–Trinajstić information content (AvgIpc) is 2.39. The Hall–Kier alpha value is -2.52. The van der Waals surface area contributed by atoms with Crippen LogP contribution < -0.4 is 4.74 Å². The molecule has 0 N–H and O–H groups in total. The molecule has 2 aromatic rings. The molecule has 0 unspecified atom stereocenters. The average molecular weight is 244 g/mol. The van der Waals surface area contributed by atoms with Crippen LogP contribution in [-0.4, -0.2) is 11.1 Å². The smallest absolute Gasteiger partial charge is 0.240 e. The van der Waals surface area contributed by atoms with E-state index in [1.807, 2.05) is 0 Å². The van der Waals surface area contributed by atoms with Crippen molar-refractivity contribution in [2.24, 2.45) is 4.99 Å². The van der Waals surface area contributed by atoms with Gasteiger partial charge in [0.2, 0.25) is 6.08 Å². The highest BCUT2D eigenvalue weighted by Crippen LogP contribution is 2.28. The minimum atomic E-state index is -0.486. The Kier molecular flexibility index (Phi) is 3.79. The second kappa shape index (κ2) is 5.70. The van der Waals surface area contributed by atoms with E-state index in [1.54, 1.807) is 24.5 Å². The highest BCUT2D eigenvalue weighted by atomic mass is 19.1. The van der Waals surface area contributed by atoms with Crippen LogP contribution in [0, 0.1) is 5.82 Å². The molecule has 90 valence electrons. The zero-order chi connectivity index (χ0) is 12.8. The molecule has 0 radical (unpaired) electrons. The molecule has 0 bridgehead atoms. The molecule has 0 aliphatic heterocycles. The van der Waals surface area contributed by atoms with Gasteiger partial charge in [-0.05, 0) is 29.8 Å². The minimum absolute atomic E-state index is 0.124. The van der Waals surface area contributed by atoms with Crippen LogP contribution in [0.5, 0.6) is 5.75 Å². The van der Waals surface area contributed by atoms with Crippen molar-refractivity contribution >= 4 is 11.8 Å². The third kappa shape index (κ3) is 2.99. The summed E-state index contributed by atoms with van der Waals surface area (Å²) in [5, 5.41) is 0. The summed E-state index contributed by atoms with van der Waals surface area (Å²) in [6.45, 7) is 0.287. The molecule has 0 saturated carbocycles. The first-order valence-corrected chi connectivity index (χ1v) is 5.19. The van der Waals surface area contributed by atoms with Gasteiger partial charge in [0.05, 0.1) is 0 Å². The van der Waals surface area contributed by atoms with Gasteiger partial charge >= 0.3 is 0 Å². The summed E-state index contributed by atoms with van der Waals surface area (Å²) in [6.07, 6.45) is 4.66. The van der Waals surface area contributed by atoms with Crippen molar-refractivity contribution in [3.05, 3.63) is 54.1 Å². The SMILES string of the molecule is O=C=Nc1cc(F)ccc1OCc1ccncc1. The van der Waals surface area contributed by atoms with Crippen LogP contribution in [-0.2, 0) is 11.4 Å². The van der Waals surface area contributed by atoms with E-state index in [1.165, 1.54) is 18.2 Å². The largest absolute Gasteiger partial charge is 0.487 e. The Balaban J connectivity index is 2.16. The first-order chi connectivity index (χ1) is 8.79. The Morgan fingerprint density at radius 1 is 1.28 bits per heavy atom. The lowest BCUT2D eigenvalue weighted by molar-refractivity contribution is 0.307. The maximum Gasteiger partial charge on any atom is 0.240 e. The molecule has 0 saturated heterocycles. The predicted molar refractivity (Wildman–Crippen MR) is 62.8 cm³/mol. The van der Waals surface area contributed by atoms with Gasteiger partial charge in [-0.15, -0.1) is 0 Å². The van der Waals surface area contributed by atoms with Crippen LogP contribution in [0.3, 0.4) is 0 Å². The van der Waals surface area contributed by atoms with Gasteiger partial charge in [-0.2, -0.15) is 4.99 Å². The van der Waals surface area contributed by atoms with Gasteiger partial charge in [-0.3, -0.25) is 4.98 Å². The van der Waals surface area contributed by atoms with E-state index in [9.17, 15) is 9.18 Å². The lowest BCUT2D eigenvalue weighted by Crippen LogP contribution is -1.95.